The zero-order valence-corrected chi connectivity index (χ0v) is 13.0. The Balaban J connectivity index is 2.69. The molecule has 0 aliphatic heterocycles. The van der Waals surface area contributed by atoms with E-state index < -0.39 is 5.41 Å². The first-order chi connectivity index (χ1) is 10.7. The smallest absolute Gasteiger partial charge is 0.140 e. The molecule has 0 radical (unpaired) electrons. The van der Waals surface area contributed by atoms with E-state index in [-0.39, 0.29) is 22.9 Å². The number of aromatic hydroxyl groups is 2. The molecular weight excluding hydrogens is 288 g/mol. The van der Waals surface area contributed by atoms with Gasteiger partial charge in [-0.05, 0) is 35.4 Å². The van der Waals surface area contributed by atoms with Crippen LogP contribution in [-0.2, 0) is 5.41 Å². The summed E-state index contributed by atoms with van der Waals surface area (Å²) < 4.78 is 0. The van der Waals surface area contributed by atoms with Gasteiger partial charge in [-0.15, -0.1) is 12.8 Å². The van der Waals surface area contributed by atoms with Gasteiger partial charge in [-0.2, -0.15) is 0 Å². The maximum Gasteiger partial charge on any atom is 0.140 e. The quantitative estimate of drug-likeness (QED) is 0.390. The van der Waals surface area contributed by atoms with Crippen LogP contribution < -0.4 is 11.5 Å². The molecule has 0 unspecified atom stereocenters. The standard InChI is InChI=1S/C19H18N2O2/c1-5-11-7-13(9-15(22)17(11)20)19(3,4)14-8-12(6-2)18(21)16(23)10-14/h1-2,7-10,22-23H,20-21H2,3-4H3. The van der Waals surface area contributed by atoms with E-state index in [1.54, 1.807) is 24.3 Å². The molecule has 0 aliphatic rings. The van der Waals surface area contributed by atoms with Gasteiger partial charge >= 0.3 is 0 Å². The van der Waals surface area contributed by atoms with Crippen LogP contribution >= 0.6 is 0 Å². The van der Waals surface area contributed by atoms with Crippen LogP contribution in [0, 0.1) is 24.7 Å². The van der Waals surface area contributed by atoms with Crippen LogP contribution in [0.1, 0.15) is 36.1 Å². The summed E-state index contributed by atoms with van der Waals surface area (Å²) in [5, 5.41) is 20.0. The summed E-state index contributed by atoms with van der Waals surface area (Å²) in [6.07, 6.45) is 10.9. The number of nitrogen functional groups attached to an aromatic ring is 2. The zero-order valence-electron chi connectivity index (χ0n) is 13.0. The largest absolute Gasteiger partial charge is 0.506 e. The van der Waals surface area contributed by atoms with E-state index in [0.29, 0.717) is 11.1 Å². The van der Waals surface area contributed by atoms with Crippen LogP contribution in [0.25, 0.3) is 0 Å². The fraction of sp³-hybridized carbons (Fsp3) is 0.158. The lowest BCUT2D eigenvalue weighted by atomic mass is 9.76. The molecule has 23 heavy (non-hydrogen) atoms. The number of anilines is 2. The molecule has 0 saturated heterocycles. The molecule has 0 saturated carbocycles. The van der Waals surface area contributed by atoms with Crippen molar-refractivity contribution in [2.24, 2.45) is 0 Å². The molecule has 4 nitrogen and oxygen atoms in total. The van der Waals surface area contributed by atoms with Crippen molar-refractivity contribution in [1.29, 1.82) is 0 Å². The van der Waals surface area contributed by atoms with Gasteiger partial charge in [0.15, 0.2) is 0 Å². The monoisotopic (exact) mass is 306 g/mol. The molecule has 6 N–H and O–H groups in total. The predicted molar refractivity (Wildman–Crippen MR) is 93.0 cm³/mol. The summed E-state index contributed by atoms with van der Waals surface area (Å²) in [5.74, 6) is 4.75. The Kier molecular flexibility index (Phi) is 3.87. The Bertz CT molecular complexity index is 797. The van der Waals surface area contributed by atoms with Gasteiger partial charge in [-0.3, -0.25) is 0 Å². The fourth-order valence-electron chi connectivity index (χ4n) is 2.40. The normalized spacial score (nSPS) is 10.8. The van der Waals surface area contributed by atoms with Crippen molar-refractivity contribution in [1.82, 2.24) is 0 Å². The number of benzene rings is 2. The first-order valence-electron chi connectivity index (χ1n) is 6.91. The van der Waals surface area contributed by atoms with Gasteiger partial charge in [0.05, 0.1) is 22.5 Å². The van der Waals surface area contributed by atoms with Crippen molar-refractivity contribution in [2.45, 2.75) is 19.3 Å². The van der Waals surface area contributed by atoms with Crippen LogP contribution in [0.3, 0.4) is 0 Å². The molecule has 0 bridgehead atoms. The third-order valence-electron chi connectivity index (χ3n) is 4.07. The van der Waals surface area contributed by atoms with Gasteiger partial charge < -0.3 is 21.7 Å². The van der Waals surface area contributed by atoms with Crippen molar-refractivity contribution >= 4 is 11.4 Å². The highest BCUT2D eigenvalue weighted by Crippen LogP contribution is 2.39. The van der Waals surface area contributed by atoms with Crippen LogP contribution in [-0.4, -0.2) is 10.2 Å². The number of terminal acetylenes is 2. The predicted octanol–water partition coefficient (Wildman–Crippen LogP) is 2.55. The van der Waals surface area contributed by atoms with Crippen LogP contribution in [0.4, 0.5) is 11.4 Å². The second-order valence-electron chi connectivity index (χ2n) is 5.83. The lowest BCUT2D eigenvalue weighted by Gasteiger charge is -2.27. The molecule has 0 aliphatic carbocycles. The first kappa shape index (κ1) is 16.1. The molecule has 2 aromatic rings. The van der Waals surface area contributed by atoms with Crippen molar-refractivity contribution in [3.63, 3.8) is 0 Å². The molecule has 2 aromatic carbocycles. The summed E-state index contributed by atoms with van der Waals surface area (Å²) in [5.41, 5.74) is 13.5. The second-order valence-corrected chi connectivity index (χ2v) is 5.83. The third kappa shape index (κ3) is 2.63. The number of phenolic OH excluding ortho intramolecular Hbond substituents is 2. The lowest BCUT2D eigenvalue weighted by molar-refractivity contribution is 0.472. The molecule has 4 heteroatoms. The van der Waals surface area contributed by atoms with Crippen LogP contribution in [0.15, 0.2) is 24.3 Å². The van der Waals surface area contributed by atoms with E-state index in [1.807, 2.05) is 13.8 Å². The van der Waals surface area contributed by atoms with Crippen molar-refractivity contribution < 1.29 is 10.2 Å². The van der Waals surface area contributed by atoms with Crippen LogP contribution in [0.5, 0.6) is 11.5 Å². The Labute approximate surface area is 135 Å². The maximum atomic E-state index is 10.00. The average Bonchev–Trinajstić information content (AvgIpc) is 2.52. The number of phenols is 2. The van der Waals surface area contributed by atoms with Gasteiger partial charge in [0.2, 0.25) is 0 Å². The number of nitrogens with two attached hydrogens (primary N) is 2. The molecular formula is C19H18N2O2. The summed E-state index contributed by atoms with van der Waals surface area (Å²) >= 11 is 0. The maximum absolute atomic E-state index is 10.00. The minimum atomic E-state index is -0.590. The molecule has 0 atom stereocenters. The molecule has 0 aromatic heterocycles. The van der Waals surface area contributed by atoms with Gasteiger partial charge in [-0.25, -0.2) is 0 Å². The fourth-order valence-corrected chi connectivity index (χ4v) is 2.40. The molecule has 0 spiro atoms. The molecule has 0 amide bonds. The Morgan fingerprint density at radius 1 is 0.826 bits per heavy atom. The minimum absolute atomic E-state index is 0.0830. The molecule has 0 fully saturated rings. The van der Waals surface area contributed by atoms with E-state index >= 15 is 0 Å². The van der Waals surface area contributed by atoms with Gasteiger partial charge in [0.1, 0.15) is 11.5 Å². The molecule has 2 rings (SSSR count). The van der Waals surface area contributed by atoms with Gasteiger partial charge in [0.25, 0.3) is 0 Å². The Morgan fingerprint density at radius 3 is 1.48 bits per heavy atom. The third-order valence-corrected chi connectivity index (χ3v) is 4.07. The first-order valence-corrected chi connectivity index (χ1v) is 6.91. The van der Waals surface area contributed by atoms with Crippen molar-refractivity contribution in [2.75, 3.05) is 11.5 Å². The number of hydrogen-bond donors (Lipinski definition) is 4. The van der Waals surface area contributed by atoms with E-state index in [2.05, 4.69) is 11.8 Å². The van der Waals surface area contributed by atoms with E-state index in [9.17, 15) is 10.2 Å². The average molecular weight is 306 g/mol. The summed E-state index contributed by atoms with van der Waals surface area (Å²) in [7, 11) is 0. The highest BCUT2D eigenvalue weighted by molar-refractivity contribution is 5.68. The summed E-state index contributed by atoms with van der Waals surface area (Å²) in [6.45, 7) is 3.84. The van der Waals surface area contributed by atoms with Gasteiger partial charge in [0, 0.05) is 5.41 Å². The molecule has 116 valence electrons. The van der Waals surface area contributed by atoms with E-state index in [1.165, 1.54) is 0 Å². The highest BCUT2D eigenvalue weighted by atomic mass is 16.3. The SMILES string of the molecule is C#Cc1cc(C(C)(C)c2cc(O)c(N)c(C#C)c2)cc(O)c1N. The number of hydrogen-bond acceptors (Lipinski definition) is 4. The molecule has 0 heterocycles. The van der Waals surface area contributed by atoms with E-state index in [4.69, 9.17) is 24.3 Å². The van der Waals surface area contributed by atoms with Crippen molar-refractivity contribution in [3.05, 3.63) is 46.5 Å². The second kappa shape index (κ2) is 5.51. The number of rotatable bonds is 2. The topological polar surface area (TPSA) is 92.5 Å². The van der Waals surface area contributed by atoms with E-state index in [0.717, 1.165) is 11.1 Å². The zero-order chi connectivity index (χ0) is 17.4. The van der Waals surface area contributed by atoms with Crippen LogP contribution in [0.2, 0.25) is 0 Å². The lowest BCUT2D eigenvalue weighted by Crippen LogP contribution is -2.20. The van der Waals surface area contributed by atoms with Crippen molar-refractivity contribution in [3.8, 4) is 36.2 Å². The Hall–Kier alpha value is -3.24. The highest BCUT2D eigenvalue weighted by Gasteiger charge is 2.26. The minimum Gasteiger partial charge on any atom is -0.506 e. The van der Waals surface area contributed by atoms with Gasteiger partial charge in [-0.1, -0.05) is 25.7 Å². The summed E-state index contributed by atoms with van der Waals surface area (Å²) in [4.78, 5) is 0. The Morgan fingerprint density at radius 2 is 1.17 bits per heavy atom. The summed E-state index contributed by atoms with van der Waals surface area (Å²) in [6, 6.07) is 6.58.